The molecule has 3 aromatic rings. The standard InChI is InChI=1S/C30H39ClN6O3/c1-17-9-12-19(13-10-17)16-37-24-23(20-14-11-18(2)22(31)15-20)34-27(25(32)40-29(33)38)35-26(24)36-28(37)30(3,39)21-7-5-4-6-8-21/h11,14-15,17,19,21,32,39H,4-10,12-13,16H2,1-3H3,(H2,33,38). The van der Waals surface area contributed by atoms with Crippen molar-refractivity contribution in [3.8, 4) is 11.3 Å². The van der Waals surface area contributed by atoms with E-state index in [0.717, 1.165) is 49.7 Å². The Bertz CT molecular complexity index is 1420. The summed E-state index contributed by atoms with van der Waals surface area (Å²) in [6.07, 6.45) is 8.66. The van der Waals surface area contributed by atoms with Gasteiger partial charge in [-0.15, -0.1) is 0 Å². The van der Waals surface area contributed by atoms with Crippen LogP contribution < -0.4 is 5.73 Å². The summed E-state index contributed by atoms with van der Waals surface area (Å²) in [6.45, 7) is 6.79. The van der Waals surface area contributed by atoms with E-state index in [1.165, 1.54) is 19.3 Å². The van der Waals surface area contributed by atoms with Gasteiger partial charge in [0.1, 0.15) is 22.6 Å². The average Bonchev–Trinajstić information content (AvgIpc) is 3.30. The van der Waals surface area contributed by atoms with E-state index in [1.807, 2.05) is 32.0 Å². The van der Waals surface area contributed by atoms with E-state index in [4.69, 9.17) is 37.4 Å². The molecule has 40 heavy (non-hydrogen) atoms. The third-order valence-corrected chi connectivity index (χ3v) is 9.29. The summed E-state index contributed by atoms with van der Waals surface area (Å²) < 4.78 is 6.96. The summed E-state index contributed by atoms with van der Waals surface area (Å²) in [6, 6.07) is 5.67. The molecule has 1 unspecified atom stereocenters. The highest BCUT2D eigenvalue weighted by Gasteiger charge is 2.40. The van der Waals surface area contributed by atoms with E-state index in [9.17, 15) is 9.90 Å². The van der Waals surface area contributed by atoms with Crippen molar-refractivity contribution >= 4 is 34.8 Å². The highest BCUT2D eigenvalue weighted by Crippen LogP contribution is 2.42. The number of carbonyl (C=O) groups excluding carboxylic acids is 1. The monoisotopic (exact) mass is 566 g/mol. The molecule has 2 aromatic heterocycles. The van der Waals surface area contributed by atoms with Crippen molar-refractivity contribution in [2.45, 2.75) is 90.7 Å². The fourth-order valence-electron chi connectivity index (χ4n) is 6.41. The Kier molecular flexibility index (Phi) is 8.15. The van der Waals surface area contributed by atoms with Crippen molar-refractivity contribution in [2.24, 2.45) is 23.5 Å². The Morgan fingerprint density at radius 3 is 2.50 bits per heavy atom. The van der Waals surface area contributed by atoms with Gasteiger partial charge in [0.25, 0.3) is 5.90 Å². The van der Waals surface area contributed by atoms with Gasteiger partial charge >= 0.3 is 6.09 Å². The van der Waals surface area contributed by atoms with Crippen molar-refractivity contribution in [3.05, 3.63) is 40.4 Å². The molecule has 2 heterocycles. The summed E-state index contributed by atoms with van der Waals surface area (Å²) in [4.78, 5) is 25.6. The van der Waals surface area contributed by atoms with Crippen molar-refractivity contribution in [3.63, 3.8) is 0 Å². The number of carbonyl (C=O) groups is 1. The first-order valence-electron chi connectivity index (χ1n) is 14.4. The number of fused-ring (bicyclic) bond motifs is 1. The number of rotatable bonds is 6. The second-order valence-corrected chi connectivity index (χ2v) is 12.3. The Labute approximate surface area is 240 Å². The molecule has 5 rings (SSSR count). The number of aromatic nitrogens is 4. The van der Waals surface area contributed by atoms with E-state index >= 15 is 0 Å². The molecule has 2 fully saturated rings. The van der Waals surface area contributed by atoms with Crippen LogP contribution in [-0.4, -0.2) is 36.6 Å². The predicted molar refractivity (Wildman–Crippen MR) is 155 cm³/mol. The van der Waals surface area contributed by atoms with E-state index in [1.54, 1.807) is 0 Å². The number of aryl methyl sites for hydroxylation is 1. The summed E-state index contributed by atoms with van der Waals surface area (Å²) in [5.74, 6) is 1.11. The molecule has 10 heteroatoms. The molecule has 1 atom stereocenters. The molecule has 0 bridgehead atoms. The highest BCUT2D eigenvalue weighted by atomic mass is 35.5. The van der Waals surface area contributed by atoms with Gasteiger partial charge in [-0.05, 0) is 68.9 Å². The van der Waals surface area contributed by atoms with Crippen LogP contribution in [0.3, 0.4) is 0 Å². The number of hydrogen-bond donors (Lipinski definition) is 3. The van der Waals surface area contributed by atoms with Gasteiger partial charge in [-0.3, -0.25) is 5.41 Å². The third-order valence-electron chi connectivity index (χ3n) is 8.88. The maximum atomic E-state index is 12.1. The van der Waals surface area contributed by atoms with Crippen molar-refractivity contribution < 1.29 is 14.6 Å². The lowest BCUT2D eigenvalue weighted by Crippen LogP contribution is -2.37. The number of aliphatic hydroxyl groups is 1. The Hall–Kier alpha value is -3.04. The number of halogens is 1. The largest absolute Gasteiger partial charge is 0.411 e. The predicted octanol–water partition coefficient (Wildman–Crippen LogP) is 6.49. The molecular formula is C30H39ClN6O3. The van der Waals surface area contributed by atoms with Gasteiger partial charge < -0.3 is 20.1 Å². The van der Waals surface area contributed by atoms with Gasteiger partial charge in [0, 0.05) is 17.1 Å². The minimum Gasteiger partial charge on any atom is -0.388 e. The molecule has 0 saturated heterocycles. The zero-order valence-electron chi connectivity index (χ0n) is 23.5. The van der Waals surface area contributed by atoms with Crippen LogP contribution in [-0.2, 0) is 16.9 Å². The molecule has 2 aliphatic rings. The zero-order valence-corrected chi connectivity index (χ0v) is 24.3. The minimum atomic E-state index is -1.18. The first-order valence-corrected chi connectivity index (χ1v) is 14.8. The van der Waals surface area contributed by atoms with Crippen molar-refractivity contribution in [2.75, 3.05) is 0 Å². The van der Waals surface area contributed by atoms with Crippen LogP contribution >= 0.6 is 11.6 Å². The molecule has 1 amide bonds. The van der Waals surface area contributed by atoms with Crippen molar-refractivity contribution in [1.82, 2.24) is 19.5 Å². The number of nitrogens with one attached hydrogen (secondary N) is 1. The van der Waals surface area contributed by atoms with E-state index < -0.39 is 17.6 Å². The second-order valence-electron chi connectivity index (χ2n) is 11.9. The van der Waals surface area contributed by atoms with Crippen LogP contribution in [0, 0.1) is 30.1 Å². The van der Waals surface area contributed by atoms with Gasteiger partial charge in [-0.2, -0.15) is 0 Å². The molecule has 2 aliphatic carbocycles. The number of nitrogens with zero attached hydrogens (tertiary/aromatic N) is 4. The highest BCUT2D eigenvalue weighted by molar-refractivity contribution is 6.31. The van der Waals surface area contributed by atoms with Crippen LogP contribution in [0.4, 0.5) is 4.79 Å². The summed E-state index contributed by atoms with van der Waals surface area (Å²) >= 11 is 6.54. The molecule has 4 N–H and O–H groups in total. The fraction of sp³-hybridized carbons (Fsp3) is 0.567. The average molecular weight is 567 g/mol. The molecule has 9 nitrogen and oxygen atoms in total. The van der Waals surface area contributed by atoms with Gasteiger partial charge in [0.15, 0.2) is 5.65 Å². The van der Waals surface area contributed by atoms with E-state index in [2.05, 4.69) is 16.5 Å². The maximum Gasteiger partial charge on any atom is 0.411 e. The molecule has 0 spiro atoms. The Morgan fingerprint density at radius 2 is 1.85 bits per heavy atom. The number of imidazole rings is 1. The Balaban J connectivity index is 1.74. The van der Waals surface area contributed by atoms with Crippen molar-refractivity contribution in [1.29, 1.82) is 5.41 Å². The molecule has 0 aliphatic heterocycles. The fourth-order valence-corrected chi connectivity index (χ4v) is 6.59. The number of ether oxygens (including phenoxy) is 1. The van der Waals surface area contributed by atoms with Gasteiger partial charge in [-0.25, -0.2) is 19.7 Å². The second kappa shape index (κ2) is 11.4. The zero-order chi connectivity index (χ0) is 28.6. The topological polar surface area (TPSA) is 140 Å². The Morgan fingerprint density at radius 1 is 1.15 bits per heavy atom. The quantitative estimate of drug-likeness (QED) is 0.230. The normalized spacial score (nSPS) is 21.7. The van der Waals surface area contributed by atoms with Crippen LogP contribution in [0.25, 0.3) is 22.4 Å². The lowest BCUT2D eigenvalue weighted by atomic mass is 9.77. The number of primary amides is 1. The van der Waals surface area contributed by atoms with E-state index in [0.29, 0.717) is 46.1 Å². The van der Waals surface area contributed by atoms with Crippen LogP contribution in [0.2, 0.25) is 5.02 Å². The molecule has 0 radical (unpaired) electrons. The van der Waals surface area contributed by atoms with Gasteiger partial charge in [0.2, 0.25) is 5.82 Å². The van der Waals surface area contributed by atoms with Gasteiger partial charge in [0.05, 0.1) is 0 Å². The van der Waals surface area contributed by atoms with Crippen LogP contribution in [0.1, 0.15) is 88.8 Å². The number of nitrogens with two attached hydrogens (primary N) is 1. The maximum absolute atomic E-state index is 12.1. The summed E-state index contributed by atoms with van der Waals surface area (Å²) in [7, 11) is 0. The first kappa shape index (κ1) is 28.5. The smallest absolute Gasteiger partial charge is 0.388 e. The lowest BCUT2D eigenvalue weighted by Gasteiger charge is -2.36. The molecule has 2 saturated carbocycles. The van der Waals surface area contributed by atoms with Crippen LogP contribution in [0.15, 0.2) is 18.2 Å². The molecular weight excluding hydrogens is 528 g/mol. The van der Waals surface area contributed by atoms with E-state index in [-0.39, 0.29) is 11.7 Å². The van der Waals surface area contributed by atoms with Crippen LogP contribution in [0.5, 0.6) is 0 Å². The lowest BCUT2D eigenvalue weighted by molar-refractivity contribution is -0.0322. The molecule has 214 valence electrons. The minimum absolute atomic E-state index is 0.0735. The van der Waals surface area contributed by atoms with Gasteiger partial charge in [-0.1, -0.05) is 62.8 Å². The third kappa shape index (κ3) is 5.72. The number of benzene rings is 1. The summed E-state index contributed by atoms with van der Waals surface area (Å²) in [5.41, 5.74) is 7.18. The first-order chi connectivity index (χ1) is 19.0. The molecule has 1 aromatic carbocycles. The summed E-state index contributed by atoms with van der Waals surface area (Å²) in [5, 5.41) is 21.0. The SMILES string of the molecule is Cc1ccc(-c2nc(C(=N)OC(N)=O)nc3nc(C(C)(O)C4CCCCC4)n(CC4CCC(C)CC4)c23)cc1Cl. The number of hydrogen-bond acceptors (Lipinski definition) is 7. The number of amides is 1.